The van der Waals surface area contributed by atoms with Gasteiger partial charge in [0.05, 0.1) is 26.7 Å². The average Bonchev–Trinajstić information content (AvgIpc) is 3.56. The molecule has 3 aromatic rings. The van der Waals surface area contributed by atoms with Crippen LogP contribution in [-0.2, 0) is 14.3 Å². The number of carbonyl (C=O) groups excluding carboxylic acids is 1. The summed E-state index contributed by atoms with van der Waals surface area (Å²) in [5.41, 5.74) is 3.98. The van der Waals surface area contributed by atoms with Gasteiger partial charge in [0.15, 0.2) is 11.5 Å². The van der Waals surface area contributed by atoms with Crippen molar-refractivity contribution < 1.29 is 38.4 Å². The van der Waals surface area contributed by atoms with Crippen LogP contribution in [0.15, 0.2) is 60.7 Å². The molecule has 3 unspecified atom stereocenters. The second-order valence-corrected chi connectivity index (χ2v) is 9.42. The summed E-state index contributed by atoms with van der Waals surface area (Å²) in [6, 6.07) is 16.8. The van der Waals surface area contributed by atoms with E-state index in [0.29, 0.717) is 35.2 Å². The van der Waals surface area contributed by atoms with Crippen molar-refractivity contribution in [3.05, 3.63) is 88.5 Å². The number of carbonyl (C=O) groups is 2. The van der Waals surface area contributed by atoms with Crippen LogP contribution < -0.4 is 18.9 Å². The Hall–Kier alpha value is -4.46. The summed E-state index contributed by atoms with van der Waals surface area (Å²) in [4.78, 5) is 25.0. The molecule has 5 rings (SSSR count). The van der Waals surface area contributed by atoms with Gasteiger partial charge in [-0.1, -0.05) is 25.1 Å². The molecule has 0 saturated carbocycles. The highest BCUT2D eigenvalue weighted by molar-refractivity contribution is 5.88. The number of ether oxygens (including phenoxy) is 5. The second-order valence-electron chi connectivity index (χ2n) is 9.42. The lowest BCUT2D eigenvalue weighted by atomic mass is 9.78. The van der Waals surface area contributed by atoms with Crippen LogP contribution in [0.1, 0.15) is 53.0 Å². The van der Waals surface area contributed by atoms with E-state index in [2.05, 4.69) is 0 Å². The van der Waals surface area contributed by atoms with Crippen molar-refractivity contribution in [3.63, 3.8) is 0 Å². The highest BCUT2D eigenvalue weighted by Crippen LogP contribution is 2.55. The van der Waals surface area contributed by atoms with Gasteiger partial charge < -0.3 is 28.8 Å². The van der Waals surface area contributed by atoms with Gasteiger partial charge in [0.25, 0.3) is 0 Å². The summed E-state index contributed by atoms with van der Waals surface area (Å²) in [7, 11) is 2.86. The Morgan fingerprint density at radius 2 is 1.69 bits per heavy atom. The summed E-state index contributed by atoms with van der Waals surface area (Å²) in [5.74, 6) is -0.812. The van der Waals surface area contributed by atoms with Crippen LogP contribution in [-0.4, -0.2) is 44.7 Å². The number of carboxylic acid groups (broad SMARTS) is 1. The molecule has 0 aromatic heterocycles. The Kier molecular flexibility index (Phi) is 7.45. The van der Waals surface area contributed by atoms with Crippen LogP contribution in [0, 0.1) is 5.92 Å². The van der Waals surface area contributed by atoms with Gasteiger partial charge in [0.1, 0.15) is 11.5 Å². The third kappa shape index (κ3) is 5.02. The number of esters is 1. The van der Waals surface area contributed by atoms with E-state index in [1.807, 2.05) is 49.4 Å². The average molecular weight is 531 g/mol. The fraction of sp³-hybridized carbons (Fsp3) is 0.290. The van der Waals surface area contributed by atoms with Gasteiger partial charge >= 0.3 is 11.9 Å². The van der Waals surface area contributed by atoms with Crippen molar-refractivity contribution in [3.8, 4) is 23.0 Å². The van der Waals surface area contributed by atoms with E-state index in [4.69, 9.17) is 23.7 Å². The van der Waals surface area contributed by atoms with Crippen molar-refractivity contribution >= 4 is 18.0 Å². The molecule has 3 atom stereocenters. The third-order valence-electron chi connectivity index (χ3n) is 7.19. The maximum absolute atomic E-state index is 13.1. The Morgan fingerprint density at radius 3 is 2.44 bits per heavy atom. The number of benzene rings is 3. The minimum Gasteiger partial charge on any atom is -0.497 e. The van der Waals surface area contributed by atoms with Crippen LogP contribution in [0.5, 0.6) is 23.0 Å². The minimum atomic E-state index is -0.936. The van der Waals surface area contributed by atoms with E-state index in [-0.39, 0.29) is 6.79 Å². The molecule has 1 heterocycles. The summed E-state index contributed by atoms with van der Waals surface area (Å²) in [5, 5.41) is 10.7. The van der Waals surface area contributed by atoms with Gasteiger partial charge in [-0.3, -0.25) is 4.79 Å². The van der Waals surface area contributed by atoms with Crippen LogP contribution in [0.4, 0.5) is 0 Å². The minimum absolute atomic E-state index is 0.130. The van der Waals surface area contributed by atoms with Crippen molar-refractivity contribution in [1.82, 2.24) is 0 Å². The number of hydrogen-bond acceptors (Lipinski definition) is 7. The Labute approximate surface area is 226 Å². The molecule has 1 aliphatic carbocycles. The first kappa shape index (κ1) is 26.2. The fourth-order valence-electron chi connectivity index (χ4n) is 5.47. The number of carboxylic acids is 1. The maximum atomic E-state index is 13.1. The lowest BCUT2D eigenvalue weighted by Crippen LogP contribution is -2.24. The highest BCUT2D eigenvalue weighted by Gasteiger charge is 2.47. The summed E-state index contributed by atoms with van der Waals surface area (Å²) in [6.07, 6.45) is 3.80. The van der Waals surface area contributed by atoms with E-state index in [1.165, 1.54) is 13.2 Å². The standard InChI is InChI=1S/C31H30O8/c1-4-13-37-21-8-10-23-24(16-21)29(22-9-7-20(35-2)14-18(22)6-12-27(32)36-3)30(31(33)34)28(23)19-5-11-25-26(15-19)39-17-38-25/h5-12,14-16,28-30H,4,13,17H2,1-3H3,(H,33,34). The molecule has 1 N–H and O–H groups in total. The van der Waals surface area contributed by atoms with Crippen LogP contribution in [0.25, 0.3) is 6.08 Å². The molecule has 0 radical (unpaired) electrons. The van der Waals surface area contributed by atoms with Crippen molar-refractivity contribution in [2.45, 2.75) is 25.2 Å². The maximum Gasteiger partial charge on any atom is 0.330 e. The number of fused-ring (bicyclic) bond motifs is 2. The molecule has 8 nitrogen and oxygen atoms in total. The normalized spacial score (nSPS) is 19.1. The van der Waals surface area contributed by atoms with E-state index >= 15 is 0 Å². The van der Waals surface area contributed by atoms with Gasteiger partial charge in [-0.2, -0.15) is 0 Å². The smallest absolute Gasteiger partial charge is 0.330 e. The van der Waals surface area contributed by atoms with Crippen LogP contribution >= 0.6 is 0 Å². The van der Waals surface area contributed by atoms with Gasteiger partial charge in [0.2, 0.25) is 6.79 Å². The Bertz CT molecular complexity index is 1430. The van der Waals surface area contributed by atoms with Crippen LogP contribution in [0.3, 0.4) is 0 Å². The molecule has 8 heteroatoms. The molecule has 202 valence electrons. The van der Waals surface area contributed by atoms with Gasteiger partial charge in [-0.25, -0.2) is 4.79 Å². The van der Waals surface area contributed by atoms with Gasteiger partial charge in [0, 0.05) is 17.9 Å². The van der Waals surface area contributed by atoms with Crippen molar-refractivity contribution in [2.75, 3.05) is 27.6 Å². The van der Waals surface area contributed by atoms with Crippen molar-refractivity contribution in [2.24, 2.45) is 5.92 Å². The predicted octanol–water partition coefficient (Wildman–Crippen LogP) is 5.38. The molecule has 39 heavy (non-hydrogen) atoms. The first-order valence-corrected chi connectivity index (χ1v) is 12.8. The zero-order valence-electron chi connectivity index (χ0n) is 22.0. The summed E-state index contributed by atoms with van der Waals surface area (Å²) < 4.78 is 27.3. The quantitative estimate of drug-likeness (QED) is 0.291. The van der Waals surface area contributed by atoms with E-state index in [9.17, 15) is 14.7 Å². The van der Waals surface area contributed by atoms with Crippen molar-refractivity contribution in [1.29, 1.82) is 0 Å². The SMILES string of the molecule is CCCOc1ccc2c(c1)C(c1ccc(OC)cc1C=CC(=O)OC)C(C(=O)O)C2c1ccc2c(c1)OCO2. The molecule has 0 fully saturated rings. The molecule has 1 aliphatic heterocycles. The molecule has 0 saturated heterocycles. The zero-order chi connectivity index (χ0) is 27.5. The Morgan fingerprint density at radius 1 is 0.923 bits per heavy atom. The lowest BCUT2D eigenvalue weighted by molar-refractivity contribution is -0.142. The van der Waals surface area contributed by atoms with Gasteiger partial charge in [-0.05, 0) is 76.7 Å². The molecule has 3 aromatic carbocycles. The molecule has 2 aliphatic rings. The number of methoxy groups -OCH3 is 2. The second kappa shape index (κ2) is 11.1. The van der Waals surface area contributed by atoms with E-state index < -0.39 is 29.7 Å². The summed E-state index contributed by atoms with van der Waals surface area (Å²) >= 11 is 0. The third-order valence-corrected chi connectivity index (χ3v) is 7.19. The fourth-order valence-corrected chi connectivity index (χ4v) is 5.47. The number of rotatable bonds is 9. The molecular formula is C31H30O8. The predicted molar refractivity (Wildman–Crippen MR) is 144 cm³/mol. The monoisotopic (exact) mass is 530 g/mol. The lowest BCUT2D eigenvalue weighted by Gasteiger charge is -2.24. The van der Waals surface area contributed by atoms with Crippen LogP contribution in [0.2, 0.25) is 0 Å². The number of hydrogen-bond donors (Lipinski definition) is 1. The highest BCUT2D eigenvalue weighted by atomic mass is 16.7. The first-order chi connectivity index (χ1) is 18.9. The summed E-state index contributed by atoms with van der Waals surface area (Å²) in [6.45, 7) is 2.71. The topological polar surface area (TPSA) is 101 Å². The van der Waals surface area contributed by atoms with E-state index in [1.54, 1.807) is 25.3 Å². The molecular weight excluding hydrogens is 500 g/mol. The Balaban J connectivity index is 1.71. The first-order valence-electron chi connectivity index (χ1n) is 12.8. The zero-order valence-corrected chi connectivity index (χ0v) is 22.0. The molecule has 0 bridgehead atoms. The van der Waals surface area contributed by atoms with E-state index in [0.717, 1.165) is 28.7 Å². The van der Waals surface area contributed by atoms with Gasteiger partial charge in [-0.15, -0.1) is 0 Å². The number of aliphatic carboxylic acids is 1. The largest absolute Gasteiger partial charge is 0.497 e. The molecule has 0 amide bonds. The molecule has 0 spiro atoms.